The monoisotopic (exact) mass is 236 g/mol. The highest BCUT2D eigenvalue weighted by Gasteiger charge is 2.27. The van der Waals surface area contributed by atoms with Crippen LogP contribution in [0.5, 0.6) is 0 Å². The zero-order valence-electron chi connectivity index (χ0n) is 10.5. The Kier molecular flexibility index (Phi) is 3.64. The highest BCUT2D eigenvalue weighted by molar-refractivity contribution is 5.96. The van der Waals surface area contributed by atoms with Gasteiger partial charge < -0.3 is 9.67 Å². The Morgan fingerprint density at radius 2 is 2.41 bits per heavy atom. The van der Waals surface area contributed by atoms with E-state index in [2.05, 4.69) is 4.90 Å². The lowest BCUT2D eigenvalue weighted by molar-refractivity contribution is 0.0918. The molecule has 94 valence electrons. The Hall–Kier alpha value is -1.13. The third kappa shape index (κ3) is 2.76. The number of ketones is 1. The number of aliphatic hydroxyl groups is 1. The van der Waals surface area contributed by atoms with Crippen LogP contribution in [0.15, 0.2) is 18.3 Å². The van der Waals surface area contributed by atoms with E-state index in [1.54, 1.807) is 0 Å². The van der Waals surface area contributed by atoms with Crippen molar-refractivity contribution in [2.75, 3.05) is 19.6 Å². The van der Waals surface area contributed by atoms with Crippen molar-refractivity contribution in [1.82, 2.24) is 9.47 Å². The number of Topliss-reactive ketones (excluding diaryl/α,β-unsaturated/α-hetero) is 1. The molecule has 2 atom stereocenters. The van der Waals surface area contributed by atoms with Gasteiger partial charge in [0.1, 0.15) is 0 Å². The van der Waals surface area contributed by atoms with Crippen molar-refractivity contribution in [1.29, 1.82) is 0 Å². The zero-order valence-corrected chi connectivity index (χ0v) is 10.5. The molecular weight excluding hydrogens is 216 g/mol. The summed E-state index contributed by atoms with van der Waals surface area (Å²) in [5, 5.41) is 9.52. The smallest absolute Gasteiger partial charge is 0.193 e. The fourth-order valence-corrected chi connectivity index (χ4v) is 2.43. The molecule has 1 aromatic rings. The Bertz CT molecular complexity index is 398. The van der Waals surface area contributed by atoms with Crippen molar-refractivity contribution in [3.8, 4) is 0 Å². The summed E-state index contributed by atoms with van der Waals surface area (Å²) in [6.45, 7) is 4.02. The average molecular weight is 236 g/mol. The van der Waals surface area contributed by atoms with Crippen molar-refractivity contribution in [3.05, 3.63) is 24.0 Å². The Morgan fingerprint density at radius 3 is 2.94 bits per heavy atom. The molecule has 2 unspecified atom stereocenters. The predicted octanol–water partition coefficient (Wildman–Crippen LogP) is 0.911. The van der Waals surface area contributed by atoms with Gasteiger partial charge in [0.25, 0.3) is 0 Å². The lowest BCUT2D eigenvalue weighted by atomic mass is 10.0. The summed E-state index contributed by atoms with van der Waals surface area (Å²) in [6.07, 6.45) is 2.60. The molecule has 0 saturated carbocycles. The van der Waals surface area contributed by atoms with Crippen LogP contribution in [-0.4, -0.2) is 46.1 Å². The number of carbonyl (C=O) groups excluding carboxylic acids is 1. The van der Waals surface area contributed by atoms with Crippen molar-refractivity contribution in [2.45, 2.75) is 19.4 Å². The number of aliphatic hydroxyl groups excluding tert-OH is 1. The molecule has 0 amide bonds. The fraction of sp³-hybridized carbons (Fsp3) is 0.615. The number of nitrogens with zero attached hydrogens (tertiary/aromatic N) is 2. The van der Waals surface area contributed by atoms with Gasteiger partial charge in [-0.1, -0.05) is 0 Å². The first-order chi connectivity index (χ1) is 8.08. The maximum absolute atomic E-state index is 12.0. The van der Waals surface area contributed by atoms with E-state index >= 15 is 0 Å². The van der Waals surface area contributed by atoms with Gasteiger partial charge in [-0.25, -0.2) is 0 Å². The first-order valence-electron chi connectivity index (χ1n) is 6.13. The van der Waals surface area contributed by atoms with Crippen LogP contribution in [0, 0.1) is 5.92 Å². The van der Waals surface area contributed by atoms with Crippen molar-refractivity contribution >= 4 is 5.78 Å². The van der Waals surface area contributed by atoms with E-state index < -0.39 is 0 Å². The fourth-order valence-electron chi connectivity index (χ4n) is 2.43. The highest BCUT2D eigenvalue weighted by Crippen LogP contribution is 2.19. The second kappa shape index (κ2) is 5.02. The van der Waals surface area contributed by atoms with Gasteiger partial charge in [-0.15, -0.1) is 0 Å². The lowest BCUT2D eigenvalue weighted by Crippen LogP contribution is -2.30. The summed E-state index contributed by atoms with van der Waals surface area (Å²) in [4.78, 5) is 14.2. The molecular formula is C13H20N2O2. The minimum atomic E-state index is -0.273. The average Bonchev–Trinajstić information content (AvgIpc) is 2.86. The molecule has 1 fully saturated rings. The molecule has 0 spiro atoms. The number of likely N-dealkylation sites (tertiary alicyclic amines) is 1. The standard InChI is InChI=1S/C13H20N2O2/c1-10(16)11-5-7-15(8-11)9-13(17)12-4-3-6-14(12)2/h3-4,6,10-11,16H,5,7-9H2,1-2H3. The van der Waals surface area contributed by atoms with Crippen LogP contribution < -0.4 is 0 Å². The molecule has 1 aromatic heterocycles. The Balaban J connectivity index is 1.91. The number of rotatable bonds is 4. The van der Waals surface area contributed by atoms with Gasteiger partial charge in [0.05, 0.1) is 18.3 Å². The predicted molar refractivity (Wildman–Crippen MR) is 66.0 cm³/mol. The van der Waals surface area contributed by atoms with E-state index in [0.717, 1.165) is 25.2 Å². The number of hydrogen-bond donors (Lipinski definition) is 1. The largest absolute Gasteiger partial charge is 0.393 e. The van der Waals surface area contributed by atoms with E-state index in [9.17, 15) is 9.90 Å². The first kappa shape index (κ1) is 12.3. The SMILES string of the molecule is CC(O)C1CCN(CC(=O)c2cccn2C)C1. The van der Waals surface area contributed by atoms with Gasteiger partial charge >= 0.3 is 0 Å². The topological polar surface area (TPSA) is 45.5 Å². The molecule has 0 aliphatic carbocycles. The van der Waals surface area contributed by atoms with Gasteiger partial charge in [-0.2, -0.15) is 0 Å². The Morgan fingerprint density at radius 1 is 1.65 bits per heavy atom. The van der Waals surface area contributed by atoms with Crippen LogP contribution in [0.2, 0.25) is 0 Å². The molecule has 0 radical (unpaired) electrons. The van der Waals surface area contributed by atoms with Crippen LogP contribution in [0.4, 0.5) is 0 Å². The third-order valence-electron chi connectivity index (χ3n) is 3.59. The number of aryl methyl sites for hydroxylation is 1. The summed E-state index contributed by atoms with van der Waals surface area (Å²) in [5.41, 5.74) is 0.755. The van der Waals surface area contributed by atoms with Crippen molar-refractivity contribution < 1.29 is 9.90 Å². The first-order valence-corrected chi connectivity index (χ1v) is 6.13. The van der Waals surface area contributed by atoms with Crippen LogP contribution in [0.25, 0.3) is 0 Å². The van der Waals surface area contributed by atoms with Crippen LogP contribution in [0.3, 0.4) is 0 Å². The second-order valence-corrected chi connectivity index (χ2v) is 4.95. The number of hydrogen-bond acceptors (Lipinski definition) is 3. The molecule has 4 nitrogen and oxygen atoms in total. The van der Waals surface area contributed by atoms with E-state index in [1.807, 2.05) is 36.9 Å². The normalized spacial score (nSPS) is 22.9. The van der Waals surface area contributed by atoms with Gasteiger partial charge in [-0.3, -0.25) is 9.69 Å². The van der Waals surface area contributed by atoms with Crippen molar-refractivity contribution in [3.63, 3.8) is 0 Å². The maximum Gasteiger partial charge on any atom is 0.193 e. The quantitative estimate of drug-likeness (QED) is 0.790. The Labute approximate surface area is 102 Å². The molecule has 17 heavy (non-hydrogen) atoms. The highest BCUT2D eigenvalue weighted by atomic mass is 16.3. The van der Waals surface area contributed by atoms with Crippen LogP contribution >= 0.6 is 0 Å². The van der Waals surface area contributed by atoms with Gasteiger partial charge in [0.2, 0.25) is 0 Å². The van der Waals surface area contributed by atoms with Gasteiger partial charge in [0.15, 0.2) is 5.78 Å². The minimum Gasteiger partial charge on any atom is -0.393 e. The van der Waals surface area contributed by atoms with Crippen LogP contribution in [-0.2, 0) is 7.05 Å². The van der Waals surface area contributed by atoms with E-state index in [4.69, 9.17) is 0 Å². The molecule has 0 aromatic carbocycles. The van der Waals surface area contributed by atoms with Gasteiger partial charge in [0, 0.05) is 19.8 Å². The number of aromatic nitrogens is 1. The zero-order chi connectivity index (χ0) is 12.4. The van der Waals surface area contributed by atoms with E-state index in [0.29, 0.717) is 12.5 Å². The summed E-state index contributed by atoms with van der Waals surface area (Å²) in [7, 11) is 1.88. The summed E-state index contributed by atoms with van der Waals surface area (Å²) < 4.78 is 1.85. The van der Waals surface area contributed by atoms with E-state index in [-0.39, 0.29) is 11.9 Å². The molecule has 1 saturated heterocycles. The molecule has 0 bridgehead atoms. The summed E-state index contributed by atoms with van der Waals surface area (Å²) in [5.74, 6) is 0.472. The second-order valence-electron chi connectivity index (χ2n) is 4.95. The van der Waals surface area contributed by atoms with Crippen molar-refractivity contribution in [2.24, 2.45) is 13.0 Å². The molecule has 2 rings (SSSR count). The van der Waals surface area contributed by atoms with E-state index in [1.165, 1.54) is 0 Å². The molecule has 1 aliphatic rings. The van der Waals surface area contributed by atoms with Gasteiger partial charge in [-0.05, 0) is 37.9 Å². The molecule has 1 N–H and O–H groups in total. The van der Waals surface area contributed by atoms with Crippen LogP contribution in [0.1, 0.15) is 23.8 Å². The molecule has 4 heteroatoms. The summed E-state index contributed by atoms with van der Waals surface area (Å²) >= 11 is 0. The third-order valence-corrected chi connectivity index (χ3v) is 3.59. The number of carbonyl (C=O) groups is 1. The lowest BCUT2D eigenvalue weighted by Gasteiger charge is -2.16. The molecule has 2 heterocycles. The molecule has 1 aliphatic heterocycles. The summed E-state index contributed by atoms with van der Waals surface area (Å²) in [6, 6.07) is 3.74. The minimum absolute atomic E-state index is 0.156. The maximum atomic E-state index is 12.0.